The lowest BCUT2D eigenvalue weighted by molar-refractivity contribution is -0.178. The molecule has 0 radical (unpaired) electrons. The summed E-state index contributed by atoms with van der Waals surface area (Å²) < 4.78 is 12.4. The van der Waals surface area contributed by atoms with Gasteiger partial charge in [-0.05, 0) is 40.9 Å². The van der Waals surface area contributed by atoms with E-state index in [1.54, 1.807) is 0 Å². The highest BCUT2D eigenvalue weighted by molar-refractivity contribution is 9.10. The Morgan fingerprint density at radius 1 is 1.29 bits per heavy atom. The van der Waals surface area contributed by atoms with E-state index in [0.717, 1.165) is 35.8 Å². The molecule has 21 heavy (non-hydrogen) atoms. The number of hydrogen-bond acceptors (Lipinski definition) is 4. The number of nitriles is 1. The Balaban J connectivity index is 1.74. The van der Waals surface area contributed by atoms with Crippen molar-refractivity contribution in [2.24, 2.45) is 0 Å². The van der Waals surface area contributed by atoms with Crippen LogP contribution in [0, 0.1) is 11.3 Å². The zero-order chi connectivity index (χ0) is 14.9. The Morgan fingerprint density at radius 3 is 2.57 bits per heavy atom. The normalized spacial score (nSPS) is 21.4. The maximum atomic E-state index is 9.37. The number of halogens is 1. The van der Waals surface area contributed by atoms with Crippen molar-refractivity contribution in [3.63, 3.8) is 0 Å². The molecule has 112 valence electrons. The van der Waals surface area contributed by atoms with E-state index in [4.69, 9.17) is 9.47 Å². The zero-order valence-electron chi connectivity index (χ0n) is 12.1. The second kappa shape index (κ2) is 5.96. The summed E-state index contributed by atoms with van der Waals surface area (Å²) in [7, 11) is 2.07. The molecule has 0 atom stereocenters. The van der Waals surface area contributed by atoms with Crippen LogP contribution in [0.5, 0.6) is 0 Å². The van der Waals surface area contributed by atoms with Gasteiger partial charge in [0.1, 0.15) is 6.07 Å². The fraction of sp³-hybridized carbons (Fsp3) is 0.562. The summed E-state index contributed by atoms with van der Waals surface area (Å²) in [6, 6.07) is 8.61. The Morgan fingerprint density at radius 2 is 1.95 bits per heavy atom. The Hall–Kier alpha value is -1.09. The minimum absolute atomic E-state index is 0.327. The van der Waals surface area contributed by atoms with Crippen LogP contribution in [0.3, 0.4) is 0 Å². The van der Waals surface area contributed by atoms with E-state index in [1.165, 1.54) is 0 Å². The van der Waals surface area contributed by atoms with Crippen LogP contribution in [-0.4, -0.2) is 32.1 Å². The Labute approximate surface area is 133 Å². The average molecular weight is 351 g/mol. The molecule has 2 aliphatic rings. The molecule has 3 rings (SSSR count). The lowest BCUT2D eigenvalue weighted by Crippen LogP contribution is -2.43. The molecule has 1 aromatic rings. The van der Waals surface area contributed by atoms with Gasteiger partial charge in [-0.1, -0.05) is 6.07 Å². The molecular weight excluding hydrogens is 332 g/mol. The second-order valence-electron chi connectivity index (χ2n) is 5.70. The first-order valence-corrected chi connectivity index (χ1v) is 8.14. The van der Waals surface area contributed by atoms with Crippen molar-refractivity contribution >= 4 is 21.6 Å². The molecule has 0 aromatic heterocycles. The standard InChI is InChI=1S/C16H19BrN2O2/c1-19(15-4-2-3-14(17)13(15)11-18)12-5-7-16(8-6-12)20-9-10-21-16/h2-4,12H,5-10H2,1H3. The third-order valence-electron chi connectivity index (χ3n) is 4.56. The van der Waals surface area contributed by atoms with Crippen LogP contribution in [0.25, 0.3) is 0 Å². The van der Waals surface area contributed by atoms with E-state index >= 15 is 0 Å². The smallest absolute Gasteiger partial charge is 0.168 e. The number of rotatable bonds is 2. The van der Waals surface area contributed by atoms with Crippen molar-refractivity contribution in [3.8, 4) is 6.07 Å². The molecule has 1 aromatic carbocycles. The van der Waals surface area contributed by atoms with Crippen LogP contribution >= 0.6 is 15.9 Å². The maximum Gasteiger partial charge on any atom is 0.168 e. The SMILES string of the molecule is CN(c1cccc(Br)c1C#N)C1CCC2(CC1)OCCO2. The van der Waals surface area contributed by atoms with E-state index in [0.29, 0.717) is 24.8 Å². The fourth-order valence-corrected chi connectivity index (χ4v) is 3.77. The van der Waals surface area contributed by atoms with Crippen LogP contribution in [-0.2, 0) is 9.47 Å². The van der Waals surface area contributed by atoms with Crippen LogP contribution in [0.2, 0.25) is 0 Å². The van der Waals surface area contributed by atoms with Gasteiger partial charge >= 0.3 is 0 Å². The van der Waals surface area contributed by atoms with Crippen molar-refractivity contribution in [2.75, 3.05) is 25.2 Å². The van der Waals surface area contributed by atoms with Gasteiger partial charge in [0.05, 0.1) is 24.5 Å². The van der Waals surface area contributed by atoms with Gasteiger partial charge in [0.25, 0.3) is 0 Å². The Kier molecular flexibility index (Phi) is 4.21. The van der Waals surface area contributed by atoms with Crippen LogP contribution in [0.15, 0.2) is 22.7 Å². The molecule has 0 amide bonds. The van der Waals surface area contributed by atoms with E-state index < -0.39 is 0 Å². The molecular formula is C16H19BrN2O2. The molecule has 5 heteroatoms. The second-order valence-corrected chi connectivity index (χ2v) is 6.55. The van der Waals surface area contributed by atoms with Gasteiger partial charge in [-0.25, -0.2) is 0 Å². The number of nitrogens with zero attached hydrogens (tertiary/aromatic N) is 2. The predicted octanol–water partition coefficient (Wildman–Crippen LogP) is 3.44. The minimum atomic E-state index is -0.327. The number of benzene rings is 1. The van der Waals surface area contributed by atoms with E-state index in [-0.39, 0.29) is 5.79 Å². The maximum absolute atomic E-state index is 9.37. The first kappa shape index (κ1) is 14.8. The summed E-state index contributed by atoms with van der Waals surface area (Å²) in [5, 5.41) is 9.37. The van der Waals surface area contributed by atoms with Gasteiger partial charge in [-0.3, -0.25) is 0 Å². The minimum Gasteiger partial charge on any atom is -0.371 e. The molecule has 1 aliphatic heterocycles. The lowest BCUT2D eigenvalue weighted by Gasteiger charge is -2.40. The molecule has 1 saturated carbocycles. The van der Waals surface area contributed by atoms with Gasteiger partial charge in [0, 0.05) is 30.4 Å². The summed E-state index contributed by atoms with van der Waals surface area (Å²) in [5.41, 5.74) is 1.69. The van der Waals surface area contributed by atoms with Crippen molar-refractivity contribution in [1.29, 1.82) is 5.26 Å². The highest BCUT2D eigenvalue weighted by Crippen LogP contribution is 2.39. The first-order valence-electron chi connectivity index (χ1n) is 7.34. The molecule has 1 aliphatic carbocycles. The molecule has 1 spiro atoms. The molecule has 1 saturated heterocycles. The van der Waals surface area contributed by atoms with E-state index in [9.17, 15) is 5.26 Å². The van der Waals surface area contributed by atoms with Crippen molar-refractivity contribution in [2.45, 2.75) is 37.5 Å². The van der Waals surface area contributed by atoms with Gasteiger partial charge in [-0.15, -0.1) is 0 Å². The quantitative estimate of drug-likeness (QED) is 0.819. The molecule has 2 fully saturated rings. The average Bonchev–Trinajstić information content (AvgIpc) is 2.95. The molecule has 4 nitrogen and oxygen atoms in total. The summed E-state index contributed by atoms with van der Waals surface area (Å²) in [6.07, 6.45) is 3.90. The molecule has 1 heterocycles. The lowest BCUT2D eigenvalue weighted by atomic mass is 9.89. The zero-order valence-corrected chi connectivity index (χ0v) is 13.7. The summed E-state index contributed by atoms with van der Waals surface area (Å²) in [5.74, 6) is -0.327. The highest BCUT2D eigenvalue weighted by Gasteiger charge is 2.41. The Bertz CT molecular complexity index is 554. The third kappa shape index (κ3) is 2.80. The van der Waals surface area contributed by atoms with E-state index in [2.05, 4.69) is 33.9 Å². The topological polar surface area (TPSA) is 45.5 Å². The fourth-order valence-electron chi connectivity index (χ4n) is 3.33. The molecule has 0 bridgehead atoms. The molecule has 0 unspecified atom stereocenters. The molecule has 0 N–H and O–H groups in total. The highest BCUT2D eigenvalue weighted by atomic mass is 79.9. The number of ether oxygens (including phenoxy) is 2. The van der Waals surface area contributed by atoms with E-state index in [1.807, 2.05) is 18.2 Å². The number of anilines is 1. The van der Waals surface area contributed by atoms with Crippen molar-refractivity contribution < 1.29 is 9.47 Å². The largest absolute Gasteiger partial charge is 0.371 e. The van der Waals surface area contributed by atoms with Crippen LogP contribution in [0.4, 0.5) is 5.69 Å². The van der Waals surface area contributed by atoms with Crippen molar-refractivity contribution in [3.05, 3.63) is 28.2 Å². The summed E-state index contributed by atoms with van der Waals surface area (Å²) in [4.78, 5) is 2.23. The number of hydrogen-bond donors (Lipinski definition) is 0. The third-order valence-corrected chi connectivity index (χ3v) is 5.22. The monoisotopic (exact) mass is 350 g/mol. The van der Waals surface area contributed by atoms with Gasteiger partial charge in [-0.2, -0.15) is 5.26 Å². The summed E-state index contributed by atoms with van der Waals surface area (Å²) in [6.45, 7) is 1.43. The van der Waals surface area contributed by atoms with Gasteiger partial charge in [0.15, 0.2) is 5.79 Å². The summed E-state index contributed by atoms with van der Waals surface area (Å²) >= 11 is 3.46. The first-order chi connectivity index (χ1) is 10.2. The predicted molar refractivity (Wildman–Crippen MR) is 84.2 cm³/mol. The van der Waals surface area contributed by atoms with Crippen LogP contribution in [0.1, 0.15) is 31.2 Å². The van der Waals surface area contributed by atoms with Gasteiger partial charge < -0.3 is 14.4 Å². The van der Waals surface area contributed by atoms with Gasteiger partial charge in [0.2, 0.25) is 0 Å². The van der Waals surface area contributed by atoms with Crippen LogP contribution < -0.4 is 4.90 Å². The van der Waals surface area contributed by atoms with Crippen molar-refractivity contribution in [1.82, 2.24) is 0 Å².